The molecule has 0 fully saturated rings. The van der Waals surface area contributed by atoms with Crippen molar-refractivity contribution in [3.8, 4) is 0 Å². The monoisotopic (exact) mass is 456 g/mol. The number of sulfonamides is 1. The predicted octanol–water partition coefficient (Wildman–Crippen LogP) is 3.09. The van der Waals surface area contributed by atoms with Crippen LogP contribution in [0.4, 0.5) is 5.69 Å². The van der Waals surface area contributed by atoms with Crippen LogP contribution in [0, 0.1) is 0 Å². The van der Waals surface area contributed by atoms with E-state index in [1.54, 1.807) is 19.1 Å². The van der Waals surface area contributed by atoms with Crippen molar-refractivity contribution in [2.45, 2.75) is 24.9 Å². The number of hydrogen-bond acceptors (Lipinski definition) is 6. The van der Waals surface area contributed by atoms with Crippen molar-refractivity contribution < 1.29 is 13.2 Å². The third kappa shape index (κ3) is 4.52. The van der Waals surface area contributed by atoms with Gasteiger partial charge in [0.25, 0.3) is 0 Å². The maximum Gasteiger partial charge on any atom is 0.234 e. The summed E-state index contributed by atoms with van der Waals surface area (Å²) in [5.41, 5.74) is 3.33. The van der Waals surface area contributed by atoms with Gasteiger partial charge in [-0.3, -0.25) is 9.10 Å². The van der Waals surface area contributed by atoms with Gasteiger partial charge < -0.3 is 4.57 Å². The molecule has 0 atom stereocenters. The van der Waals surface area contributed by atoms with Crippen LogP contribution in [0.1, 0.15) is 34.2 Å². The molecule has 0 spiro atoms. The van der Waals surface area contributed by atoms with E-state index in [1.807, 2.05) is 48.0 Å². The van der Waals surface area contributed by atoms with Gasteiger partial charge in [-0.15, -0.1) is 10.2 Å². The molecule has 2 heterocycles. The van der Waals surface area contributed by atoms with Crippen LogP contribution >= 0.6 is 11.8 Å². The summed E-state index contributed by atoms with van der Waals surface area (Å²) in [5.74, 6) is 1.13. The molecular formula is C22H24N4O3S2. The Hall–Kier alpha value is -2.65. The fourth-order valence-corrected chi connectivity index (χ4v) is 5.59. The van der Waals surface area contributed by atoms with Gasteiger partial charge in [0.05, 0.1) is 17.2 Å². The van der Waals surface area contributed by atoms with Crippen LogP contribution in [0.25, 0.3) is 0 Å². The Morgan fingerprint density at radius 1 is 1.13 bits per heavy atom. The first-order valence-corrected chi connectivity index (χ1v) is 12.7. The molecule has 1 aromatic heterocycles. The minimum absolute atomic E-state index is 0.0165. The molecule has 162 valence electrons. The van der Waals surface area contributed by atoms with E-state index >= 15 is 0 Å². The third-order valence-electron chi connectivity index (χ3n) is 5.42. The van der Waals surface area contributed by atoms with Gasteiger partial charge in [-0.25, -0.2) is 8.42 Å². The lowest BCUT2D eigenvalue weighted by molar-refractivity contribution is 0.102. The van der Waals surface area contributed by atoms with E-state index in [0.717, 1.165) is 17.0 Å². The van der Waals surface area contributed by atoms with Gasteiger partial charge in [0, 0.05) is 25.6 Å². The number of rotatable bonds is 8. The second kappa shape index (κ2) is 8.84. The van der Waals surface area contributed by atoms with Crippen molar-refractivity contribution in [3.63, 3.8) is 0 Å². The van der Waals surface area contributed by atoms with E-state index in [0.29, 0.717) is 35.8 Å². The molecule has 0 radical (unpaired) electrons. The van der Waals surface area contributed by atoms with Gasteiger partial charge in [-0.1, -0.05) is 42.1 Å². The molecule has 1 aliphatic rings. The summed E-state index contributed by atoms with van der Waals surface area (Å²) in [6.07, 6.45) is 1.30. The summed E-state index contributed by atoms with van der Waals surface area (Å²) in [4.78, 5) is 12.8. The Balaban J connectivity index is 1.42. The highest BCUT2D eigenvalue weighted by Gasteiger charge is 2.28. The number of ketones is 1. The summed E-state index contributed by atoms with van der Waals surface area (Å²) >= 11 is 1.36. The number of nitrogens with zero attached hydrogens (tertiary/aromatic N) is 4. The van der Waals surface area contributed by atoms with Crippen molar-refractivity contribution in [3.05, 3.63) is 71.0 Å². The lowest BCUT2D eigenvalue weighted by Gasteiger charge is -2.18. The number of thioether (sulfide) groups is 1. The molecule has 7 nitrogen and oxygen atoms in total. The third-order valence-corrected chi connectivity index (χ3v) is 8.22. The molecule has 4 rings (SSSR count). The number of Topliss-reactive ketones (excluding diaryl/α,β-unsaturated/α-hetero) is 1. The summed E-state index contributed by atoms with van der Waals surface area (Å²) in [6.45, 7) is 2.07. The Labute approximate surface area is 186 Å². The van der Waals surface area contributed by atoms with Crippen molar-refractivity contribution in [1.29, 1.82) is 0 Å². The van der Waals surface area contributed by atoms with Crippen molar-refractivity contribution in [1.82, 2.24) is 14.8 Å². The van der Waals surface area contributed by atoms with Crippen molar-refractivity contribution >= 4 is 33.3 Å². The molecule has 2 aromatic carbocycles. The zero-order valence-electron chi connectivity index (χ0n) is 17.5. The molecule has 0 unspecified atom stereocenters. The van der Waals surface area contributed by atoms with Gasteiger partial charge in [-0.2, -0.15) is 0 Å². The van der Waals surface area contributed by atoms with Gasteiger partial charge in [-0.05, 0) is 42.7 Å². The Bertz CT molecular complexity index is 1210. The quantitative estimate of drug-likeness (QED) is 0.383. The van der Waals surface area contributed by atoms with E-state index in [4.69, 9.17) is 0 Å². The normalized spacial score (nSPS) is 13.4. The number of carbonyl (C=O) groups is 1. The fourth-order valence-electron chi connectivity index (χ4n) is 3.61. The molecule has 9 heteroatoms. The molecule has 0 saturated carbocycles. The van der Waals surface area contributed by atoms with Crippen LogP contribution in [-0.4, -0.2) is 47.0 Å². The van der Waals surface area contributed by atoms with Crippen LogP contribution in [0.2, 0.25) is 0 Å². The maximum atomic E-state index is 12.8. The number of carbonyl (C=O) groups excluding carboxylic acids is 1. The number of aromatic nitrogens is 3. The second-order valence-electron chi connectivity index (χ2n) is 7.40. The lowest BCUT2D eigenvalue weighted by Crippen LogP contribution is -2.30. The van der Waals surface area contributed by atoms with Gasteiger partial charge in [0.2, 0.25) is 10.0 Å². The topological polar surface area (TPSA) is 85.2 Å². The molecule has 0 amide bonds. The van der Waals surface area contributed by atoms with Crippen LogP contribution in [0.15, 0.2) is 53.7 Å². The molecule has 0 N–H and O–H groups in total. The van der Waals surface area contributed by atoms with E-state index in [9.17, 15) is 13.2 Å². The highest BCUT2D eigenvalue weighted by atomic mass is 32.2. The molecule has 0 aliphatic carbocycles. The van der Waals surface area contributed by atoms with Crippen LogP contribution in [-0.2, 0) is 29.9 Å². The molecular weight excluding hydrogens is 432 g/mol. The van der Waals surface area contributed by atoms with Crippen LogP contribution in [0.3, 0.4) is 0 Å². The number of benzene rings is 2. The zero-order chi connectivity index (χ0) is 22.0. The van der Waals surface area contributed by atoms with Gasteiger partial charge in [0.15, 0.2) is 10.9 Å². The van der Waals surface area contributed by atoms with E-state index in [-0.39, 0.29) is 17.3 Å². The number of hydrogen-bond donors (Lipinski definition) is 0. The first kappa shape index (κ1) is 21.6. The average molecular weight is 457 g/mol. The second-order valence-corrected chi connectivity index (χ2v) is 10.5. The van der Waals surface area contributed by atoms with Gasteiger partial charge in [0.1, 0.15) is 5.82 Å². The smallest absolute Gasteiger partial charge is 0.234 e. The average Bonchev–Trinajstić information content (AvgIpc) is 3.36. The largest absolute Gasteiger partial charge is 0.309 e. The van der Waals surface area contributed by atoms with Crippen molar-refractivity contribution in [2.24, 2.45) is 7.05 Å². The maximum absolute atomic E-state index is 12.8. The highest BCUT2D eigenvalue weighted by Crippen LogP contribution is 2.31. The molecule has 3 aromatic rings. The van der Waals surface area contributed by atoms with E-state index < -0.39 is 10.0 Å². The Morgan fingerprint density at radius 3 is 2.65 bits per heavy atom. The molecule has 0 saturated heterocycles. The molecule has 0 bridgehead atoms. The number of anilines is 1. The Kier molecular flexibility index (Phi) is 6.15. The molecule has 1 aliphatic heterocycles. The Morgan fingerprint density at radius 2 is 1.90 bits per heavy atom. The molecule has 31 heavy (non-hydrogen) atoms. The predicted molar refractivity (Wildman–Crippen MR) is 122 cm³/mol. The standard InChI is InChI=1S/C22H24N4O3S2/c1-3-31(28,29)26-12-11-17-14-18(9-10-19(17)26)20(27)15-30-22-24-23-21(25(22)2)13-16-7-5-4-6-8-16/h4-10,14H,3,11-13,15H2,1-2H3. The minimum Gasteiger partial charge on any atom is -0.309 e. The SMILES string of the molecule is CCS(=O)(=O)N1CCc2cc(C(=O)CSc3nnc(Cc4ccccc4)n3C)ccc21. The summed E-state index contributed by atoms with van der Waals surface area (Å²) < 4.78 is 27.8. The van der Waals surface area contributed by atoms with Crippen molar-refractivity contribution in [2.75, 3.05) is 22.4 Å². The summed E-state index contributed by atoms with van der Waals surface area (Å²) in [7, 11) is -1.38. The van der Waals surface area contributed by atoms with Gasteiger partial charge >= 0.3 is 0 Å². The highest BCUT2D eigenvalue weighted by molar-refractivity contribution is 7.99. The summed E-state index contributed by atoms with van der Waals surface area (Å²) in [6, 6.07) is 15.3. The van der Waals surface area contributed by atoms with Crippen LogP contribution < -0.4 is 4.31 Å². The van der Waals surface area contributed by atoms with E-state index in [2.05, 4.69) is 10.2 Å². The number of fused-ring (bicyclic) bond motifs is 1. The minimum atomic E-state index is -3.29. The summed E-state index contributed by atoms with van der Waals surface area (Å²) in [5, 5.41) is 9.19. The fraction of sp³-hybridized carbons (Fsp3) is 0.318. The van der Waals surface area contributed by atoms with E-state index in [1.165, 1.54) is 16.1 Å². The first-order valence-electron chi connectivity index (χ1n) is 10.1. The lowest BCUT2D eigenvalue weighted by atomic mass is 10.1. The zero-order valence-corrected chi connectivity index (χ0v) is 19.1. The first-order chi connectivity index (χ1) is 14.9. The van der Waals surface area contributed by atoms with Crippen LogP contribution in [0.5, 0.6) is 0 Å².